The first-order valence-corrected chi connectivity index (χ1v) is 8.18. The summed E-state index contributed by atoms with van der Waals surface area (Å²) in [6.07, 6.45) is 4.54. The van der Waals surface area contributed by atoms with Gasteiger partial charge in [-0.2, -0.15) is 4.68 Å². The van der Waals surface area contributed by atoms with Crippen molar-refractivity contribution in [3.63, 3.8) is 0 Å². The molecule has 0 radical (unpaired) electrons. The minimum atomic E-state index is -0.594. The number of ether oxygens (including phenoxy) is 2. The highest BCUT2D eigenvalue weighted by molar-refractivity contribution is 5.87. The molecule has 3 aromatic rings. The van der Waals surface area contributed by atoms with Gasteiger partial charge in [0.25, 0.3) is 5.56 Å². The Kier molecular flexibility index (Phi) is 5.73. The molecule has 1 aromatic heterocycles. The highest BCUT2D eigenvalue weighted by atomic mass is 16.5. The molecule has 0 saturated carbocycles. The molecule has 0 atom stereocenters. The summed E-state index contributed by atoms with van der Waals surface area (Å²) in [6, 6.07) is 14.0. The second-order valence-electron chi connectivity index (χ2n) is 5.51. The molecule has 3 rings (SSSR count). The number of carbonyl (C=O) groups excluding carboxylic acids is 1. The Labute approximate surface area is 155 Å². The van der Waals surface area contributed by atoms with Gasteiger partial charge in [0.05, 0.1) is 5.39 Å². The van der Waals surface area contributed by atoms with E-state index in [0.717, 1.165) is 10.2 Å². The summed E-state index contributed by atoms with van der Waals surface area (Å²) in [5.41, 5.74) is 0.929. The number of fused-ring (bicyclic) bond motifs is 1. The van der Waals surface area contributed by atoms with Gasteiger partial charge in [-0.15, -0.1) is 5.10 Å². The first-order chi connectivity index (χ1) is 13.2. The fraction of sp³-hybridized carbons (Fsp3) is 0.100. The van der Waals surface area contributed by atoms with Crippen molar-refractivity contribution in [3.8, 4) is 5.75 Å². The lowest BCUT2D eigenvalue weighted by Crippen LogP contribution is -2.26. The Morgan fingerprint density at radius 3 is 2.70 bits per heavy atom. The minimum Gasteiger partial charge on any atom is -0.490 e. The largest absolute Gasteiger partial charge is 0.490 e. The van der Waals surface area contributed by atoms with Crippen molar-refractivity contribution in [3.05, 3.63) is 83.2 Å². The highest BCUT2D eigenvalue weighted by Crippen LogP contribution is 2.13. The molecule has 2 aromatic carbocycles. The van der Waals surface area contributed by atoms with Crippen molar-refractivity contribution in [1.82, 2.24) is 15.0 Å². The molecule has 136 valence electrons. The number of carbonyl (C=O) groups is 1. The van der Waals surface area contributed by atoms with Crippen LogP contribution >= 0.6 is 0 Å². The molecule has 0 aliphatic rings. The van der Waals surface area contributed by atoms with Crippen LogP contribution in [0.15, 0.2) is 72.1 Å². The van der Waals surface area contributed by atoms with E-state index in [1.54, 1.807) is 48.6 Å². The van der Waals surface area contributed by atoms with Crippen molar-refractivity contribution < 1.29 is 14.3 Å². The SMILES string of the molecule is C=CCOc1ccc(C=CC(=O)OCn2nnc3ccccc3c2=O)cc1. The zero-order valence-electron chi connectivity index (χ0n) is 14.4. The van der Waals surface area contributed by atoms with E-state index in [9.17, 15) is 9.59 Å². The van der Waals surface area contributed by atoms with E-state index >= 15 is 0 Å². The molecule has 0 fully saturated rings. The first kappa shape index (κ1) is 18.1. The summed E-state index contributed by atoms with van der Waals surface area (Å²) in [4.78, 5) is 24.1. The molecule has 0 aliphatic carbocycles. The summed E-state index contributed by atoms with van der Waals surface area (Å²) in [5.74, 6) is 0.118. The van der Waals surface area contributed by atoms with E-state index in [1.165, 1.54) is 6.08 Å². The fourth-order valence-corrected chi connectivity index (χ4v) is 2.28. The van der Waals surface area contributed by atoms with Crippen LogP contribution in [-0.2, 0) is 16.3 Å². The molecule has 0 N–H and O–H groups in total. The van der Waals surface area contributed by atoms with Crippen molar-refractivity contribution in [2.75, 3.05) is 6.61 Å². The predicted molar refractivity (Wildman–Crippen MR) is 101 cm³/mol. The van der Waals surface area contributed by atoms with Crippen LogP contribution in [0.5, 0.6) is 5.75 Å². The van der Waals surface area contributed by atoms with E-state index in [0.29, 0.717) is 23.3 Å². The molecule has 0 amide bonds. The number of benzene rings is 2. The molecule has 0 spiro atoms. The third-order valence-electron chi connectivity index (χ3n) is 3.62. The van der Waals surface area contributed by atoms with E-state index in [2.05, 4.69) is 16.9 Å². The third kappa shape index (κ3) is 4.66. The smallest absolute Gasteiger partial charge is 0.332 e. The Morgan fingerprint density at radius 2 is 1.93 bits per heavy atom. The molecule has 0 unspecified atom stereocenters. The van der Waals surface area contributed by atoms with Crippen LogP contribution in [0.25, 0.3) is 17.0 Å². The van der Waals surface area contributed by atoms with E-state index in [4.69, 9.17) is 9.47 Å². The van der Waals surface area contributed by atoms with E-state index in [-0.39, 0.29) is 12.3 Å². The van der Waals surface area contributed by atoms with Gasteiger partial charge in [0.2, 0.25) is 0 Å². The first-order valence-electron chi connectivity index (χ1n) is 8.18. The number of hydrogen-bond donors (Lipinski definition) is 0. The summed E-state index contributed by atoms with van der Waals surface area (Å²) in [6.45, 7) is 3.70. The average Bonchev–Trinajstić information content (AvgIpc) is 2.71. The molecule has 7 heteroatoms. The average molecular weight is 363 g/mol. The molecular formula is C20H17N3O4. The van der Waals surface area contributed by atoms with Gasteiger partial charge in [-0.1, -0.05) is 42.1 Å². The number of aromatic nitrogens is 3. The van der Waals surface area contributed by atoms with Gasteiger partial charge in [-0.05, 0) is 35.9 Å². The molecule has 0 bridgehead atoms. The van der Waals surface area contributed by atoms with Crippen LogP contribution in [0.2, 0.25) is 0 Å². The Bertz CT molecular complexity index is 1040. The van der Waals surface area contributed by atoms with E-state index in [1.807, 2.05) is 12.1 Å². The van der Waals surface area contributed by atoms with E-state index < -0.39 is 5.97 Å². The molecule has 1 heterocycles. The normalized spacial score (nSPS) is 10.8. The van der Waals surface area contributed by atoms with Gasteiger partial charge in [-0.25, -0.2) is 4.79 Å². The van der Waals surface area contributed by atoms with Crippen LogP contribution in [-0.4, -0.2) is 27.6 Å². The molecule has 0 saturated heterocycles. The zero-order valence-corrected chi connectivity index (χ0v) is 14.4. The molecule has 0 aliphatic heterocycles. The Hall–Kier alpha value is -3.74. The highest BCUT2D eigenvalue weighted by Gasteiger charge is 2.06. The maximum absolute atomic E-state index is 12.3. The summed E-state index contributed by atoms with van der Waals surface area (Å²) in [5, 5.41) is 8.11. The van der Waals surface area contributed by atoms with Crippen molar-refractivity contribution in [1.29, 1.82) is 0 Å². The number of esters is 1. The topological polar surface area (TPSA) is 83.3 Å². The fourth-order valence-electron chi connectivity index (χ4n) is 2.28. The van der Waals surface area contributed by atoms with Crippen LogP contribution in [0, 0.1) is 0 Å². The standard InChI is InChI=1S/C20H17N3O4/c1-2-13-26-16-10-7-15(8-11-16)9-12-19(24)27-14-23-20(25)17-5-3-4-6-18(17)21-22-23/h2-12H,1,13-14H2. The summed E-state index contributed by atoms with van der Waals surface area (Å²) < 4.78 is 11.4. The summed E-state index contributed by atoms with van der Waals surface area (Å²) >= 11 is 0. The van der Waals surface area contributed by atoms with Gasteiger partial charge in [0.15, 0.2) is 6.73 Å². The van der Waals surface area contributed by atoms with Gasteiger partial charge >= 0.3 is 5.97 Å². The monoisotopic (exact) mass is 363 g/mol. The molecular weight excluding hydrogens is 346 g/mol. The maximum Gasteiger partial charge on any atom is 0.332 e. The van der Waals surface area contributed by atoms with Crippen molar-refractivity contribution in [2.24, 2.45) is 0 Å². The van der Waals surface area contributed by atoms with Gasteiger partial charge in [0.1, 0.15) is 17.9 Å². The van der Waals surface area contributed by atoms with Gasteiger partial charge in [0, 0.05) is 6.08 Å². The van der Waals surface area contributed by atoms with Crippen LogP contribution in [0.4, 0.5) is 0 Å². The third-order valence-corrected chi connectivity index (χ3v) is 3.62. The van der Waals surface area contributed by atoms with Gasteiger partial charge in [-0.3, -0.25) is 4.79 Å². The van der Waals surface area contributed by atoms with Crippen molar-refractivity contribution in [2.45, 2.75) is 6.73 Å². The number of rotatable bonds is 7. The zero-order chi connectivity index (χ0) is 19.1. The number of nitrogens with zero attached hydrogens (tertiary/aromatic N) is 3. The lowest BCUT2D eigenvalue weighted by Gasteiger charge is -2.05. The Morgan fingerprint density at radius 1 is 1.15 bits per heavy atom. The Balaban J connectivity index is 1.59. The predicted octanol–water partition coefficient (Wildman–Crippen LogP) is 2.57. The second-order valence-corrected chi connectivity index (χ2v) is 5.51. The maximum atomic E-state index is 12.3. The lowest BCUT2D eigenvalue weighted by molar-refractivity contribution is -0.141. The minimum absolute atomic E-state index is 0.311. The van der Waals surface area contributed by atoms with Crippen LogP contribution in [0.1, 0.15) is 5.56 Å². The van der Waals surface area contributed by atoms with Crippen LogP contribution in [0.3, 0.4) is 0 Å². The lowest BCUT2D eigenvalue weighted by atomic mass is 10.2. The molecule has 27 heavy (non-hydrogen) atoms. The molecule has 7 nitrogen and oxygen atoms in total. The summed E-state index contributed by atoms with van der Waals surface area (Å²) in [7, 11) is 0. The number of hydrogen-bond acceptors (Lipinski definition) is 6. The van der Waals surface area contributed by atoms with Crippen molar-refractivity contribution >= 4 is 22.9 Å². The second kappa shape index (κ2) is 8.57. The quantitative estimate of drug-likeness (QED) is 0.364. The van der Waals surface area contributed by atoms with Crippen LogP contribution < -0.4 is 10.3 Å². The van der Waals surface area contributed by atoms with Gasteiger partial charge < -0.3 is 9.47 Å².